The van der Waals surface area contributed by atoms with Crippen LogP contribution in [-0.4, -0.2) is 48.4 Å². The first-order valence-electron chi connectivity index (χ1n) is 9.01. The number of hydrogen-bond acceptors (Lipinski definition) is 5. The molecule has 0 saturated heterocycles. The zero-order valence-electron chi connectivity index (χ0n) is 16.0. The van der Waals surface area contributed by atoms with Crippen LogP contribution >= 0.6 is 0 Å². The number of carbonyl (C=O) groups excluding carboxylic acids is 2. The number of benzene rings is 1. The Morgan fingerprint density at radius 3 is 2.73 bits per heavy atom. The van der Waals surface area contributed by atoms with Gasteiger partial charge in [0.15, 0.2) is 0 Å². The van der Waals surface area contributed by atoms with Gasteiger partial charge in [0.1, 0.15) is 5.60 Å². The number of amides is 2. The van der Waals surface area contributed by atoms with Crippen molar-refractivity contribution in [2.45, 2.75) is 52.2 Å². The molecule has 1 aliphatic rings. The number of ether oxygens (including phenoxy) is 1. The summed E-state index contributed by atoms with van der Waals surface area (Å²) in [7, 11) is 0. The Morgan fingerprint density at radius 2 is 2.08 bits per heavy atom. The fraction of sp³-hybridized carbons (Fsp3) is 0.579. The second-order valence-electron chi connectivity index (χ2n) is 7.48. The summed E-state index contributed by atoms with van der Waals surface area (Å²) >= 11 is 0. The van der Waals surface area contributed by atoms with Gasteiger partial charge in [0.25, 0.3) is 0 Å². The summed E-state index contributed by atoms with van der Waals surface area (Å²) in [4.78, 5) is 25.5. The molecule has 7 nitrogen and oxygen atoms in total. The van der Waals surface area contributed by atoms with E-state index >= 15 is 0 Å². The lowest BCUT2D eigenvalue weighted by Gasteiger charge is -2.21. The number of hydrogen-bond donors (Lipinski definition) is 3. The predicted octanol–water partition coefficient (Wildman–Crippen LogP) is 2.28. The monoisotopic (exact) mass is 363 g/mol. The first-order chi connectivity index (χ1) is 12.2. The highest BCUT2D eigenvalue weighted by molar-refractivity contribution is 6.01. The van der Waals surface area contributed by atoms with Crippen molar-refractivity contribution >= 4 is 23.4 Å². The number of aliphatic hydroxyl groups excluding tert-OH is 1. The van der Waals surface area contributed by atoms with Crippen molar-refractivity contribution in [3.05, 3.63) is 23.8 Å². The molecule has 0 fully saturated rings. The van der Waals surface area contributed by atoms with Crippen molar-refractivity contribution in [3.63, 3.8) is 0 Å². The van der Waals surface area contributed by atoms with Crippen LogP contribution in [0.3, 0.4) is 0 Å². The van der Waals surface area contributed by atoms with Gasteiger partial charge in [-0.25, -0.2) is 4.79 Å². The molecule has 0 aliphatic carbocycles. The van der Waals surface area contributed by atoms with Crippen molar-refractivity contribution in [2.24, 2.45) is 0 Å². The molecule has 2 rings (SSSR count). The highest BCUT2D eigenvalue weighted by atomic mass is 16.6. The molecule has 0 bridgehead atoms. The van der Waals surface area contributed by atoms with Gasteiger partial charge in [0.05, 0.1) is 12.5 Å². The molecule has 7 heteroatoms. The van der Waals surface area contributed by atoms with Gasteiger partial charge in [-0.1, -0.05) is 6.92 Å². The number of carbonyl (C=O) groups is 2. The maximum Gasteiger partial charge on any atom is 0.407 e. The number of aliphatic hydroxyl groups is 1. The molecule has 1 atom stereocenters. The fourth-order valence-corrected chi connectivity index (χ4v) is 2.78. The van der Waals surface area contributed by atoms with E-state index in [1.807, 2.05) is 30.0 Å². The van der Waals surface area contributed by atoms with Crippen LogP contribution in [0, 0.1) is 0 Å². The average Bonchev–Trinajstić information content (AvgIpc) is 2.85. The van der Waals surface area contributed by atoms with Crippen LogP contribution in [0.15, 0.2) is 18.2 Å². The summed E-state index contributed by atoms with van der Waals surface area (Å²) in [6.45, 7) is 8.50. The first-order valence-corrected chi connectivity index (χ1v) is 9.01. The van der Waals surface area contributed by atoms with E-state index in [2.05, 4.69) is 10.6 Å². The third kappa shape index (κ3) is 5.62. The first kappa shape index (κ1) is 20.0. The second kappa shape index (κ2) is 8.40. The van der Waals surface area contributed by atoms with E-state index in [9.17, 15) is 14.7 Å². The van der Waals surface area contributed by atoms with Gasteiger partial charge in [-0.3, -0.25) is 4.79 Å². The molecule has 0 saturated carbocycles. The van der Waals surface area contributed by atoms with Gasteiger partial charge in [-0.15, -0.1) is 0 Å². The van der Waals surface area contributed by atoms with Crippen molar-refractivity contribution in [1.29, 1.82) is 0 Å². The molecule has 1 heterocycles. The zero-order valence-corrected chi connectivity index (χ0v) is 16.0. The molecule has 1 aromatic carbocycles. The summed E-state index contributed by atoms with van der Waals surface area (Å²) in [5.74, 6) is 0.126. The Morgan fingerprint density at radius 1 is 1.35 bits per heavy atom. The lowest BCUT2D eigenvalue weighted by atomic mass is 10.1. The quantitative estimate of drug-likeness (QED) is 0.691. The number of nitrogens with one attached hydrogen (secondary N) is 2. The van der Waals surface area contributed by atoms with Gasteiger partial charge in [-0.05, 0) is 51.0 Å². The average molecular weight is 363 g/mol. The molecular weight excluding hydrogens is 334 g/mol. The molecule has 0 spiro atoms. The third-order valence-corrected chi connectivity index (χ3v) is 3.88. The lowest BCUT2D eigenvalue weighted by Crippen LogP contribution is -2.39. The minimum atomic E-state index is -0.756. The minimum absolute atomic E-state index is 0.0929. The zero-order chi connectivity index (χ0) is 19.3. The van der Waals surface area contributed by atoms with Crippen LogP contribution in [-0.2, 0) is 16.0 Å². The molecule has 1 aliphatic heterocycles. The number of anilines is 2. The molecule has 0 radical (unpaired) electrons. The standard InChI is InChI=1S/C19H29N3O4/c1-5-8-22-16-7-6-14(9-13(16)10-17(22)24)20-11-15(23)12-21-18(25)26-19(2,3)4/h6-7,9,15,20,23H,5,8,10-12H2,1-4H3,(H,21,25)/t15-/m0/s1. The van der Waals surface area contributed by atoms with Crippen LogP contribution in [0.5, 0.6) is 0 Å². The van der Waals surface area contributed by atoms with Gasteiger partial charge >= 0.3 is 6.09 Å². The summed E-state index contributed by atoms with van der Waals surface area (Å²) < 4.78 is 5.12. The van der Waals surface area contributed by atoms with E-state index in [1.54, 1.807) is 20.8 Å². The summed E-state index contributed by atoms with van der Waals surface area (Å²) in [6.07, 6.45) is 0.0212. The molecule has 26 heavy (non-hydrogen) atoms. The maximum atomic E-state index is 12.1. The van der Waals surface area contributed by atoms with Crippen LogP contribution in [0.4, 0.5) is 16.2 Å². The molecule has 1 aromatic rings. The predicted molar refractivity (Wildman–Crippen MR) is 102 cm³/mol. The molecule has 2 amide bonds. The Bertz CT molecular complexity index is 655. The molecular formula is C19H29N3O4. The smallest absolute Gasteiger partial charge is 0.407 e. The summed E-state index contributed by atoms with van der Waals surface area (Å²) in [6, 6.07) is 5.77. The van der Waals surface area contributed by atoms with E-state index in [0.29, 0.717) is 6.42 Å². The number of fused-ring (bicyclic) bond motifs is 1. The van der Waals surface area contributed by atoms with Crippen LogP contribution in [0.25, 0.3) is 0 Å². The van der Waals surface area contributed by atoms with Crippen molar-refractivity contribution < 1.29 is 19.4 Å². The van der Waals surface area contributed by atoms with Crippen LogP contribution < -0.4 is 15.5 Å². The van der Waals surface area contributed by atoms with E-state index in [-0.39, 0.29) is 19.0 Å². The van der Waals surface area contributed by atoms with E-state index < -0.39 is 17.8 Å². The summed E-state index contributed by atoms with van der Waals surface area (Å²) in [5.41, 5.74) is 2.23. The van der Waals surface area contributed by atoms with Gasteiger partial charge in [0.2, 0.25) is 5.91 Å². The lowest BCUT2D eigenvalue weighted by molar-refractivity contribution is -0.117. The number of nitrogens with zero attached hydrogens (tertiary/aromatic N) is 1. The topological polar surface area (TPSA) is 90.9 Å². The molecule has 0 unspecified atom stereocenters. The van der Waals surface area contributed by atoms with Crippen LogP contribution in [0.2, 0.25) is 0 Å². The fourth-order valence-electron chi connectivity index (χ4n) is 2.78. The SMILES string of the molecule is CCCN1C(=O)Cc2cc(NC[C@H](O)CNC(=O)OC(C)(C)C)ccc21. The van der Waals surface area contributed by atoms with Gasteiger partial charge < -0.3 is 25.4 Å². The number of rotatable bonds is 7. The van der Waals surface area contributed by atoms with E-state index in [4.69, 9.17) is 4.74 Å². The van der Waals surface area contributed by atoms with E-state index in [0.717, 1.165) is 29.9 Å². The maximum absolute atomic E-state index is 12.1. The van der Waals surface area contributed by atoms with E-state index in [1.165, 1.54) is 0 Å². The Labute approximate surface area is 154 Å². The highest BCUT2D eigenvalue weighted by Gasteiger charge is 2.26. The van der Waals surface area contributed by atoms with Crippen molar-refractivity contribution in [2.75, 3.05) is 29.9 Å². The number of alkyl carbamates (subject to hydrolysis) is 1. The second-order valence-corrected chi connectivity index (χ2v) is 7.48. The van der Waals surface area contributed by atoms with Crippen molar-refractivity contribution in [3.8, 4) is 0 Å². The van der Waals surface area contributed by atoms with Crippen LogP contribution in [0.1, 0.15) is 39.7 Å². The molecule has 3 N–H and O–H groups in total. The third-order valence-electron chi connectivity index (χ3n) is 3.88. The Kier molecular flexibility index (Phi) is 6.47. The molecule has 0 aromatic heterocycles. The minimum Gasteiger partial charge on any atom is -0.444 e. The van der Waals surface area contributed by atoms with Crippen molar-refractivity contribution in [1.82, 2.24) is 5.32 Å². The summed E-state index contributed by atoms with van der Waals surface area (Å²) in [5, 5.41) is 15.7. The van der Waals surface area contributed by atoms with Gasteiger partial charge in [0, 0.05) is 31.0 Å². The normalized spacial score (nSPS) is 14.8. The Balaban J connectivity index is 1.82. The Hall–Kier alpha value is -2.28. The molecule has 144 valence electrons. The largest absolute Gasteiger partial charge is 0.444 e. The highest BCUT2D eigenvalue weighted by Crippen LogP contribution is 2.31. The van der Waals surface area contributed by atoms with Gasteiger partial charge in [-0.2, -0.15) is 0 Å².